The Morgan fingerprint density at radius 1 is 0.921 bits per heavy atom. The minimum atomic E-state index is -0.381. The van der Waals surface area contributed by atoms with Gasteiger partial charge in [-0.05, 0) is 93.5 Å². The van der Waals surface area contributed by atoms with Crippen LogP contribution in [0.1, 0.15) is 35.3 Å². The summed E-state index contributed by atoms with van der Waals surface area (Å²) in [6, 6.07) is 15.1. The van der Waals surface area contributed by atoms with Crippen molar-refractivity contribution in [2.45, 2.75) is 27.7 Å². The zero-order chi connectivity index (χ0) is 27.4. The van der Waals surface area contributed by atoms with Gasteiger partial charge in [0.05, 0.1) is 19.9 Å². The van der Waals surface area contributed by atoms with Crippen molar-refractivity contribution in [3.63, 3.8) is 0 Å². The Bertz CT molecular complexity index is 1470. The number of aromatic nitrogens is 3. The molecule has 0 atom stereocenters. The van der Waals surface area contributed by atoms with Gasteiger partial charge in [0.25, 0.3) is 5.91 Å². The molecule has 38 heavy (non-hydrogen) atoms. The molecular weight excluding hydrogens is 500 g/mol. The number of amides is 1. The normalized spacial score (nSPS) is 10.8. The number of ether oxygens (including phenoxy) is 2. The third-order valence-corrected chi connectivity index (χ3v) is 6.54. The molecule has 9 nitrogen and oxygen atoms in total. The molecule has 0 radical (unpaired) electrons. The number of fused-ring (bicyclic) bond motifs is 1. The summed E-state index contributed by atoms with van der Waals surface area (Å²) >= 11 is 5.42. The number of rotatable bonds is 8. The third-order valence-electron chi connectivity index (χ3n) is 6.34. The van der Waals surface area contributed by atoms with Crippen molar-refractivity contribution in [3.05, 3.63) is 65.2 Å². The van der Waals surface area contributed by atoms with Gasteiger partial charge < -0.3 is 19.7 Å². The van der Waals surface area contributed by atoms with Crippen molar-refractivity contribution in [1.82, 2.24) is 20.3 Å². The number of hydrogen-bond donors (Lipinski definition) is 2. The van der Waals surface area contributed by atoms with E-state index in [2.05, 4.69) is 48.4 Å². The molecule has 1 aromatic heterocycles. The molecule has 1 amide bonds. The third kappa shape index (κ3) is 5.70. The van der Waals surface area contributed by atoms with Crippen LogP contribution in [0.4, 0.5) is 11.4 Å². The van der Waals surface area contributed by atoms with E-state index in [-0.39, 0.29) is 11.0 Å². The molecule has 0 saturated carbocycles. The first-order valence-electron chi connectivity index (χ1n) is 12.3. The molecule has 198 valence electrons. The molecule has 0 aliphatic carbocycles. The second-order valence-electron chi connectivity index (χ2n) is 8.80. The molecule has 4 aromatic rings. The van der Waals surface area contributed by atoms with Crippen molar-refractivity contribution < 1.29 is 14.3 Å². The van der Waals surface area contributed by atoms with Gasteiger partial charge in [0.2, 0.25) is 0 Å². The lowest BCUT2D eigenvalue weighted by molar-refractivity contribution is 0.0977. The van der Waals surface area contributed by atoms with Gasteiger partial charge in [-0.2, -0.15) is 4.80 Å². The average Bonchev–Trinajstić information content (AvgIpc) is 3.31. The second-order valence-corrected chi connectivity index (χ2v) is 9.21. The number of aryl methyl sites for hydroxylation is 2. The van der Waals surface area contributed by atoms with Gasteiger partial charge in [0.1, 0.15) is 22.5 Å². The largest absolute Gasteiger partial charge is 0.497 e. The van der Waals surface area contributed by atoms with Crippen molar-refractivity contribution in [1.29, 1.82) is 0 Å². The van der Waals surface area contributed by atoms with Crippen LogP contribution in [0.25, 0.3) is 16.7 Å². The van der Waals surface area contributed by atoms with Gasteiger partial charge in [0, 0.05) is 36.1 Å². The van der Waals surface area contributed by atoms with Crippen LogP contribution >= 0.6 is 12.2 Å². The van der Waals surface area contributed by atoms with Crippen LogP contribution in [0.5, 0.6) is 11.5 Å². The van der Waals surface area contributed by atoms with Gasteiger partial charge >= 0.3 is 0 Å². The molecule has 3 aromatic carbocycles. The van der Waals surface area contributed by atoms with Crippen molar-refractivity contribution in [2.24, 2.45) is 0 Å². The van der Waals surface area contributed by atoms with Gasteiger partial charge in [-0.25, -0.2) is 0 Å². The summed E-state index contributed by atoms with van der Waals surface area (Å²) in [5.74, 6) is 0.638. The first kappa shape index (κ1) is 26.9. The summed E-state index contributed by atoms with van der Waals surface area (Å²) in [7, 11) is 3.06. The SMILES string of the molecule is CCN(CC)c1ccc(-n2nc3cc(C)c(NC(=S)NC(=O)c4cc(OC)cc(OC)c4)cc3n2)c(C)c1. The highest BCUT2D eigenvalue weighted by atomic mass is 32.1. The highest BCUT2D eigenvalue weighted by molar-refractivity contribution is 7.80. The summed E-state index contributed by atoms with van der Waals surface area (Å²) in [6.45, 7) is 10.2. The summed E-state index contributed by atoms with van der Waals surface area (Å²) in [4.78, 5) is 16.8. The van der Waals surface area contributed by atoms with Gasteiger partial charge in [-0.3, -0.25) is 10.1 Å². The van der Waals surface area contributed by atoms with E-state index in [9.17, 15) is 4.79 Å². The van der Waals surface area contributed by atoms with Crippen molar-refractivity contribution in [2.75, 3.05) is 37.5 Å². The van der Waals surface area contributed by atoms with Gasteiger partial charge in [-0.1, -0.05) is 0 Å². The van der Waals surface area contributed by atoms with Crippen molar-refractivity contribution >= 4 is 45.6 Å². The fourth-order valence-electron chi connectivity index (χ4n) is 4.23. The van der Waals surface area contributed by atoms with E-state index < -0.39 is 0 Å². The molecule has 0 unspecified atom stereocenters. The Morgan fingerprint density at radius 3 is 2.13 bits per heavy atom. The standard InChI is InChI=1S/C28H32N6O3S/c1-7-33(8-2)20-9-10-26(18(4)11-20)34-31-24-12-17(3)23(16-25(24)32-34)29-28(38)30-27(35)19-13-21(36-5)15-22(14-19)37-6/h9-16H,7-8H2,1-6H3,(H2,29,30,35,38). The summed E-state index contributed by atoms with van der Waals surface area (Å²) < 4.78 is 10.5. The van der Waals surface area contributed by atoms with E-state index >= 15 is 0 Å². The minimum Gasteiger partial charge on any atom is -0.497 e. The number of nitrogens with zero attached hydrogens (tertiary/aromatic N) is 4. The van der Waals surface area contributed by atoms with Crippen LogP contribution in [0.2, 0.25) is 0 Å². The highest BCUT2D eigenvalue weighted by Crippen LogP contribution is 2.26. The molecule has 0 aliphatic heterocycles. The first-order valence-corrected chi connectivity index (χ1v) is 12.8. The molecular formula is C28H32N6O3S. The van der Waals surface area contributed by atoms with Gasteiger partial charge in [0.15, 0.2) is 5.11 Å². The molecule has 0 aliphatic rings. The number of carbonyl (C=O) groups excluding carboxylic acids is 1. The smallest absolute Gasteiger partial charge is 0.257 e. The van der Waals surface area contributed by atoms with E-state index in [1.807, 2.05) is 25.1 Å². The van der Waals surface area contributed by atoms with Crippen molar-refractivity contribution in [3.8, 4) is 17.2 Å². The molecule has 2 N–H and O–H groups in total. The van der Waals surface area contributed by atoms with Crippen LogP contribution in [0.15, 0.2) is 48.5 Å². The molecule has 1 heterocycles. The molecule has 4 rings (SSSR count). The van der Waals surface area contributed by atoms with Crippen LogP contribution in [0.3, 0.4) is 0 Å². The van der Waals surface area contributed by atoms with E-state index in [1.165, 1.54) is 19.9 Å². The lowest BCUT2D eigenvalue weighted by atomic mass is 10.1. The average molecular weight is 533 g/mol. The first-order chi connectivity index (χ1) is 18.3. The maximum absolute atomic E-state index is 12.8. The molecule has 0 spiro atoms. The Morgan fingerprint density at radius 2 is 1.55 bits per heavy atom. The molecule has 0 saturated heterocycles. The van der Waals surface area contributed by atoms with Crippen LogP contribution in [-0.4, -0.2) is 53.3 Å². The fourth-order valence-corrected chi connectivity index (χ4v) is 4.43. The van der Waals surface area contributed by atoms with E-state index in [1.54, 1.807) is 23.0 Å². The molecule has 0 bridgehead atoms. The Kier molecular flexibility index (Phi) is 8.11. The monoisotopic (exact) mass is 532 g/mol. The molecule has 10 heteroatoms. The minimum absolute atomic E-state index is 0.162. The lowest BCUT2D eigenvalue weighted by Crippen LogP contribution is -2.34. The quantitative estimate of drug-likeness (QED) is 0.305. The van der Waals surface area contributed by atoms with Gasteiger partial charge in [-0.15, -0.1) is 10.2 Å². The summed E-state index contributed by atoms with van der Waals surface area (Å²) in [5.41, 5.74) is 6.66. The fraction of sp³-hybridized carbons (Fsp3) is 0.286. The maximum Gasteiger partial charge on any atom is 0.257 e. The number of hydrogen-bond acceptors (Lipinski definition) is 7. The van der Waals surface area contributed by atoms with Crippen LogP contribution < -0.4 is 25.0 Å². The van der Waals surface area contributed by atoms with E-state index in [4.69, 9.17) is 31.9 Å². The number of thiocarbonyl (C=S) groups is 1. The topological polar surface area (TPSA) is 93.5 Å². The summed E-state index contributed by atoms with van der Waals surface area (Å²) in [5, 5.41) is 15.4. The molecule has 0 fully saturated rings. The predicted molar refractivity (Wildman–Crippen MR) is 155 cm³/mol. The number of nitrogens with one attached hydrogen (secondary N) is 2. The maximum atomic E-state index is 12.8. The van der Waals surface area contributed by atoms with Crippen LogP contribution in [-0.2, 0) is 0 Å². The predicted octanol–water partition coefficient (Wildman–Crippen LogP) is 5.03. The Balaban J connectivity index is 1.53. The zero-order valence-corrected chi connectivity index (χ0v) is 23.3. The Labute approximate surface area is 227 Å². The number of carbonyl (C=O) groups is 1. The second kappa shape index (κ2) is 11.5. The van der Waals surface area contributed by atoms with Crippen LogP contribution in [0, 0.1) is 13.8 Å². The Hall–Kier alpha value is -4.18. The number of methoxy groups -OCH3 is 2. The summed E-state index contributed by atoms with van der Waals surface area (Å²) in [6.07, 6.45) is 0. The highest BCUT2D eigenvalue weighted by Gasteiger charge is 2.15. The zero-order valence-electron chi connectivity index (χ0n) is 22.5. The number of anilines is 2. The van der Waals surface area contributed by atoms with E-state index in [0.29, 0.717) is 22.6 Å². The number of benzene rings is 3. The lowest BCUT2D eigenvalue weighted by Gasteiger charge is -2.22. The van der Waals surface area contributed by atoms with E-state index in [0.717, 1.165) is 41.1 Å².